The first-order valence-electron chi connectivity index (χ1n) is 18.4. The summed E-state index contributed by atoms with van der Waals surface area (Å²) in [7, 11) is 0. The summed E-state index contributed by atoms with van der Waals surface area (Å²) in [5, 5.41) is 27.6. The number of aromatic nitrogens is 1. The summed E-state index contributed by atoms with van der Waals surface area (Å²) in [6, 6.07) is 70.2. The van der Waals surface area contributed by atoms with Crippen LogP contribution in [0, 0.1) is 22.7 Å². The van der Waals surface area contributed by atoms with E-state index in [1.165, 1.54) is 38.2 Å². The lowest BCUT2D eigenvalue weighted by atomic mass is 9.85. The van der Waals surface area contributed by atoms with Gasteiger partial charge in [0.2, 0.25) is 0 Å². The highest BCUT2D eigenvalue weighted by Gasteiger charge is 2.18. The van der Waals surface area contributed by atoms with Crippen molar-refractivity contribution in [1.82, 2.24) is 4.57 Å². The predicted octanol–water partition coefficient (Wildman–Crippen LogP) is 13.5. The molecule has 0 unspecified atom stereocenters. The molecule has 0 fully saturated rings. The lowest BCUT2D eigenvalue weighted by Crippen LogP contribution is -1.98. The first-order chi connectivity index (χ1) is 27.2. The number of hydrogen-bond acceptors (Lipinski definition) is 2. The molecule has 0 saturated carbocycles. The second-order valence-corrected chi connectivity index (χ2v) is 13.9. The average Bonchev–Trinajstić information content (AvgIpc) is 3.59. The molecule has 0 bridgehead atoms. The summed E-state index contributed by atoms with van der Waals surface area (Å²) in [5.41, 5.74) is 12.7. The summed E-state index contributed by atoms with van der Waals surface area (Å²) < 4.78 is 2.18. The molecule has 1 aromatic heterocycles. The van der Waals surface area contributed by atoms with Gasteiger partial charge in [0.15, 0.2) is 0 Å². The fourth-order valence-electron chi connectivity index (χ4n) is 8.38. The molecule has 0 aliphatic rings. The summed E-state index contributed by atoms with van der Waals surface area (Å²) in [5.74, 6) is 0. The first kappa shape index (κ1) is 32.0. The van der Waals surface area contributed by atoms with Gasteiger partial charge in [-0.2, -0.15) is 10.5 Å². The van der Waals surface area contributed by atoms with Crippen LogP contribution in [0.4, 0.5) is 0 Å². The highest BCUT2D eigenvalue weighted by Crippen LogP contribution is 2.44. The van der Waals surface area contributed by atoms with Gasteiger partial charge in [-0.15, -0.1) is 0 Å². The zero-order chi connectivity index (χ0) is 36.9. The normalized spacial score (nSPS) is 11.2. The number of nitriles is 2. The van der Waals surface area contributed by atoms with Gasteiger partial charge in [0.1, 0.15) is 6.07 Å². The van der Waals surface area contributed by atoms with Crippen molar-refractivity contribution in [3.63, 3.8) is 0 Å². The fourth-order valence-corrected chi connectivity index (χ4v) is 8.38. The Morgan fingerprint density at radius 3 is 1.29 bits per heavy atom. The molecule has 3 nitrogen and oxygen atoms in total. The lowest BCUT2D eigenvalue weighted by Gasteiger charge is -2.18. The number of hydrogen-bond donors (Lipinski definition) is 0. The van der Waals surface area contributed by atoms with E-state index in [9.17, 15) is 10.5 Å². The van der Waals surface area contributed by atoms with Gasteiger partial charge in [-0.25, -0.2) is 0 Å². The highest BCUT2D eigenvalue weighted by molar-refractivity contribution is 6.21. The van der Waals surface area contributed by atoms with E-state index in [4.69, 9.17) is 0 Å². The van der Waals surface area contributed by atoms with Crippen LogP contribution in [0.1, 0.15) is 11.1 Å². The number of rotatable bonds is 5. The molecule has 0 aliphatic heterocycles. The third-order valence-electron chi connectivity index (χ3n) is 10.8. The Bertz CT molecular complexity index is 3100. The van der Waals surface area contributed by atoms with E-state index in [0.717, 1.165) is 55.3 Å². The third-order valence-corrected chi connectivity index (χ3v) is 10.8. The van der Waals surface area contributed by atoms with Crippen LogP contribution >= 0.6 is 0 Å². The SMILES string of the molecule is N#Cc1cc(-c2ccc(-c3c4ccccc4c(-c4ccccc4)c4ccccc34)cc2)cc(-c2ccc(C#N)c(-n3c4ccccc4c4ccccc43)c2)c1. The Kier molecular flexibility index (Phi) is 7.58. The van der Waals surface area contributed by atoms with Crippen LogP contribution in [0.2, 0.25) is 0 Å². The number of benzene rings is 9. The Balaban J connectivity index is 1.10. The summed E-state index contributed by atoms with van der Waals surface area (Å²) in [4.78, 5) is 0. The molecule has 0 spiro atoms. The number of para-hydroxylation sites is 2. The molecule has 0 saturated heterocycles. The first-order valence-corrected chi connectivity index (χ1v) is 18.4. The molecule has 0 aliphatic carbocycles. The van der Waals surface area contributed by atoms with E-state index >= 15 is 0 Å². The van der Waals surface area contributed by atoms with Crippen molar-refractivity contribution >= 4 is 43.4 Å². The van der Waals surface area contributed by atoms with E-state index in [1.807, 2.05) is 48.5 Å². The molecule has 0 radical (unpaired) electrons. The molecule has 1 heterocycles. The Labute approximate surface area is 318 Å². The summed E-state index contributed by atoms with van der Waals surface area (Å²) in [6.45, 7) is 0. The summed E-state index contributed by atoms with van der Waals surface area (Å²) >= 11 is 0. The quantitative estimate of drug-likeness (QED) is 0.168. The van der Waals surface area contributed by atoms with Crippen LogP contribution in [-0.4, -0.2) is 4.57 Å². The zero-order valence-corrected chi connectivity index (χ0v) is 29.7. The van der Waals surface area contributed by atoms with Crippen molar-refractivity contribution < 1.29 is 0 Å². The largest absolute Gasteiger partial charge is 0.308 e. The van der Waals surface area contributed by atoms with Crippen LogP contribution in [0.5, 0.6) is 0 Å². The molecule has 9 aromatic carbocycles. The molecule has 0 atom stereocenters. The van der Waals surface area contributed by atoms with Gasteiger partial charge in [0.05, 0.1) is 33.9 Å². The van der Waals surface area contributed by atoms with E-state index in [0.29, 0.717) is 11.1 Å². The van der Waals surface area contributed by atoms with E-state index in [1.54, 1.807) is 0 Å². The maximum Gasteiger partial charge on any atom is 0.101 e. The third kappa shape index (κ3) is 5.27. The molecular weight excluding hydrogens is 667 g/mol. The van der Waals surface area contributed by atoms with Gasteiger partial charge in [0.25, 0.3) is 0 Å². The molecule has 0 N–H and O–H groups in total. The van der Waals surface area contributed by atoms with Crippen molar-refractivity contribution in [2.75, 3.05) is 0 Å². The smallest absolute Gasteiger partial charge is 0.101 e. The van der Waals surface area contributed by atoms with Gasteiger partial charge in [-0.05, 0) is 109 Å². The van der Waals surface area contributed by atoms with Crippen LogP contribution in [0.15, 0.2) is 188 Å². The topological polar surface area (TPSA) is 52.5 Å². The summed E-state index contributed by atoms with van der Waals surface area (Å²) in [6.07, 6.45) is 0. The Morgan fingerprint density at radius 2 is 0.764 bits per heavy atom. The number of nitrogens with zero attached hydrogens (tertiary/aromatic N) is 3. The van der Waals surface area contributed by atoms with E-state index in [-0.39, 0.29) is 0 Å². The van der Waals surface area contributed by atoms with Crippen LogP contribution < -0.4 is 0 Å². The molecule has 254 valence electrons. The van der Waals surface area contributed by atoms with Crippen molar-refractivity contribution in [3.05, 3.63) is 199 Å². The van der Waals surface area contributed by atoms with Crippen molar-refractivity contribution in [2.45, 2.75) is 0 Å². The molecule has 10 aromatic rings. The second-order valence-electron chi connectivity index (χ2n) is 13.9. The minimum absolute atomic E-state index is 0.577. The van der Waals surface area contributed by atoms with Gasteiger partial charge >= 0.3 is 0 Å². The Hall–Kier alpha value is -7.72. The maximum atomic E-state index is 10.3. The molecule has 55 heavy (non-hydrogen) atoms. The minimum atomic E-state index is 0.577. The van der Waals surface area contributed by atoms with Gasteiger partial charge in [0, 0.05) is 10.8 Å². The predicted molar refractivity (Wildman–Crippen MR) is 227 cm³/mol. The van der Waals surface area contributed by atoms with E-state index in [2.05, 4.69) is 156 Å². The second kappa shape index (κ2) is 13.0. The maximum absolute atomic E-state index is 10.3. The highest BCUT2D eigenvalue weighted by atomic mass is 15.0. The van der Waals surface area contributed by atoms with Gasteiger partial charge in [-0.3, -0.25) is 0 Å². The van der Waals surface area contributed by atoms with Crippen molar-refractivity contribution in [1.29, 1.82) is 10.5 Å². The monoisotopic (exact) mass is 697 g/mol. The molecule has 0 amide bonds. The van der Waals surface area contributed by atoms with Gasteiger partial charge < -0.3 is 4.57 Å². The number of fused-ring (bicyclic) bond motifs is 5. The van der Waals surface area contributed by atoms with Crippen LogP contribution in [-0.2, 0) is 0 Å². The molecular formula is C52H31N3. The van der Waals surface area contributed by atoms with Crippen molar-refractivity contribution in [3.8, 4) is 62.3 Å². The minimum Gasteiger partial charge on any atom is -0.308 e. The van der Waals surface area contributed by atoms with Gasteiger partial charge in [-0.1, -0.05) is 146 Å². The Morgan fingerprint density at radius 1 is 0.327 bits per heavy atom. The van der Waals surface area contributed by atoms with Crippen LogP contribution in [0.25, 0.3) is 93.5 Å². The lowest BCUT2D eigenvalue weighted by molar-refractivity contribution is 1.17. The van der Waals surface area contributed by atoms with Crippen molar-refractivity contribution in [2.24, 2.45) is 0 Å². The average molecular weight is 698 g/mol. The molecule has 10 rings (SSSR count). The molecule has 3 heteroatoms. The van der Waals surface area contributed by atoms with Crippen LogP contribution in [0.3, 0.4) is 0 Å². The zero-order valence-electron chi connectivity index (χ0n) is 29.7. The fraction of sp³-hybridized carbons (Fsp3) is 0. The van der Waals surface area contributed by atoms with E-state index < -0.39 is 0 Å². The standard InChI is InChI=1S/C52H31N3/c53-32-34-28-40(30-41(29-34)38-26-27-39(33-54)50(31-38)55-48-20-10-8-14-42(48)43-15-9-11-21-49(43)55)35-22-24-37(25-23-35)52-46-18-6-4-16-44(46)51(36-12-2-1-3-13-36)45-17-5-7-19-47(45)52/h1-31H.